The number of benzene rings is 2. The maximum Gasteiger partial charge on any atom is 0.426 e. The molecular weight excluding hydrogens is 493 g/mol. The summed E-state index contributed by atoms with van der Waals surface area (Å²) in [6, 6.07) is 7.77. The van der Waals surface area contributed by atoms with Gasteiger partial charge in [0, 0.05) is 0 Å². The Morgan fingerprint density at radius 3 is 1.97 bits per heavy atom. The first kappa shape index (κ1) is 25.9. The van der Waals surface area contributed by atoms with Gasteiger partial charge in [-0.15, -0.1) is 0 Å². The SMILES string of the molecule is CC1(C)[C@H](/C=C(\Cl)C(F)(F)F)[C@@H]1C(=O)OCc1c(F)c(F)c(COc2ccccc2)c(F)c1F. The Morgan fingerprint density at radius 1 is 0.971 bits per heavy atom. The van der Waals surface area contributed by atoms with Gasteiger partial charge < -0.3 is 9.47 Å². The van der Waals surface area contributed by atoms with E-state index in [1.165, 1.54) is 26.0 Å². The second kappa shape index (κ2) is 9.48. The zero-order valence-corrected chi connectivity index (χ0v) is 18.5. The molecule has 0 aliphatic heterocycles. The zero-order chi connectivity index (χ0) is 25.4. The molecule has 1 saturated carbocycles. The number of para-hydroxylation sites is 1. The number of halogens is 8. The van der Waals surface area contributed by atoms with Gasteiger partial charge in [0.2, 0.25) is 0 Å². The minimum absolute atomic E-state index is 0.210. The van der Waals surface area contributed by atoms with Crippen LogP contribution in [0.5, 0.6) is 5.75 Å². The molecule has 2 aromatic rings. The van der Waals surface area contributed by atoms with Crippen LogP contribution in [0.15, 0.2) is 41.4 Å². The molecule has 0 N–H and O–H groups in total. The molecule has 11 heteroatoms. The normalized spacial score (nSPS) is 19.6. The molecule has 3 rings (SSSR count). The summed E-state index contributed by atoms with van der Waals surface area (Å²) in [5.74, 6) is -9.90. The first-order chi connectivity index (χ1) is 15.8. The van der Waals surface area contributed by atoms with Crippen LogP contribution in [0.4, 0.5) is 30.7 Å². The molecule has 1 aliphatic carbocycles. The number of carbonyl (C=O) groups excluding carboxylic acids is 1. The van der Waals surface area contributed by atoms with Crippen LogP contribution in [-0.4, -0.2) is 12.1 Å². The predicted octanol–water partition coefficient (Wildman–Crippen LogP) is 6.82. The van der Waals surface area contributed by atoms with E-state index in [0.29, 0.717) is 6.08 Å². The molecule has 0 heterocycles. The van der Waals surface area contributed by atoms with Gasteiger partial charge in [-0.1, -0.05) is 49.7 Å². The highest BCUT2D eigenvalue weighted by Crippen LogP contribution is 2.60. The van der Waals surface area contributed by atoms with Gasteiger partial charge >= 0.3 is 12.1 Å². The predicted molar refractivity (Wildman–Crippen MR) is 108 cm³/mol. The summed E-state index contributed by atoms with van der Waals surface area (Å²) in [7, 11) is 0. The standard InChI is InChI=1S/C23H18ClF7O3/c1-22(2)14(8-15(24)23(29,30)31)16(22)21(32)34-10-13-19(27)17(25)12(18(26)20(13)28)9-33-11-6-4-3-5-7-11/h3-8,14,16H,9-10H2,1-2H3/b15-8-/t14-,16-/m1/s1. The molecular formula is C23H18ClF7O3. The molecule has 0 saturated heterocycles. The van der Waals surface area contributed by atoms with Crippen LogP contribution in [0.25, 0.3) is 0 Å². The highest BCUT2D eigenvalue weighted by atomic mass is 35.5. The van der Waals surface area contributed by atoms with E-state index < -0.39 is 82.0 Å². The average Bonchev–Trinajstić information content (AvgIpc) is 3.31. The van der Waals surface area contributed by atoms with Crippen LogP contribution in [0.3, 0.4) is 0 Å². The summed E-state index contributed by atoms with van der Waals surface area (Å²) in [5.41, 5.74) is -3.15. The van der Waals surface area contributed by atoms with Crippen molar-refractivity contribution >= 4 is 17.6 Å². The number of hydrogen-bond acceptors (Lipinski definition) is 3. The van der Waals surface area contributed by atoms with Crippen LogP contribution in [-0.2, 0) is 22.7 Å². The van der Waals surface area contributed by atoms with Gasteiger partial charge in [-0.3, -0.25) is 4.79 Å². The first-order valence-electron chi connectivity index (χ1n) is 9.89. The van der Waals surface area contributed by atoms with E-state index in [1.54, 1.807) is 18.2 Å². The van der Waals surface area contributed by atoms with Gasteiger partial charge in [0.1, 0.15) is 24.0 Å². The van der Waals surface area contributed by atoms with Crippen LogP contribution in [0.1, 0.15) is 25.0 Å². The van der Waals surface area contributed by atoms with Gasteiger partial charge in [-0.2, -0.15) is 13.2 Å². The third-order valence-electron chi connectivity index (χ3n) is 5.69. The molecule has 2 atom stereocenters. The molecule has 0 unspecified atom stereocenters. The van der Waals surface area contributed by atoms with Crippen molar-refractivity contribution in [3.8, 4) is 5.75 Å². The fourth-order valence-electron chi connectivity index (χ4n) is 3.57. The Bertz CT molecular complexity index is 1080. The monoisotopic (exact) mass is 510 g/mol. The van der Waals surface area contributed by atoms with Crippen molar-refractivity contribution in [3.63, 3.8) is 0 Å². The maximum atomic E-state index is 14.4. The van der Waals surface area contributed by atoms with E-state index in [2.05, 4.69) is 0 Å². The number of esters is 1. The van der Waals surface area contributed by atoms with Crippen LogP contribution >= 0.6 is 11.6 Å². The Kier molecular flexibility index (Phi) is 7.21. The van der Waals surface area contributed by atoms with Crippen molar-refractivity contribution in [2.45, 2.75) is 33.2 Å². The second-order valence-corrected chi connectivity index (χ2v) is 8.67. The number of allylic oxidation sites excluding steroid dienone is 2. The van der Waals surface area contributed by atoms with Crippen molar-refractivity contribution in [1.29, 1.82) is 0 Å². The number of alkyl halides is 3. The van der Waals surface area contributed by atoms with E-state index in [0.717, 1.165) is 0 Å². The summed E-state index contributed by atoms with van der Waals surface area (Å²) in [6.07, 6.45) is -4.14. The van der Waals surface area contributed by atoms with Crippen molar-refractivity contribution in [2.75, 3.05) is 0 Å². The van der Waals surface area contributed by atoms with Crippen molar-refractivity contribution < 1.29 is 45.0 Å². The molecule has 184 valence electrons. The fraction of sp³-hybridized carbons (Fsp3) is 0.348. The second-order valence-electron chi connectivity index (χ2n) is 8.26. The van der Waals surface area contributed by atoms with E-state index >= 15 is 0 Å². The highest BCUT2D eigenvalue weighted by molar-refractivity contribution is 6.30. The Hall–Kier alpha value is -2.75. The Morgan fingerprint density at radius 2 is 1.47 bits per heavy atom. The molecule has 3 nitrogen and oxygen atoms in total. The van der Waals surface area contributed by atoms with Crippen LogP contribution < -0.4 is 4.74 Å². The van der Waals surface area contributed by atoms with E-state index in [-0.39, 0.29) is 5.75 Å². The molecule has 34 heavy (non-hydrogen) atoms. The molecule has 1 aliphatic rings. The van der Waals surface area contributed by atoms with Gasteiger partial charge in [-0.05, 0) is 23.5 Å². The van der Waals surface area contributed by atoms with Crippen LogP contribution in [0.2, 0.25) is 0 Å². The van der Waals surface area contributed by atoms with E-state index in [4.69, 9.17) is 21.1 Å². The zero-order valence-electron chi connectivity index (χ0n) is 17.8. The molecule has 2 aromatic carbocycles. The maximum absolute atomic E-state index is 14.4. The van der Waals surface area contributed by atoms with Crippen molar-refractivity contribution in [1.82, 2.24) is 0 Å². The lowest BCUT2D eigenvalue weighted by atomic mass is 10.1. The lowest BCUT2D eigenvalue weighted by molar-refractivity contribution is -0.147. The molecule has 0 spiro atoms. The Balaban J connectivity index is 1.73. The summed E-state index contributed by atoms with van der Waals surface area (Å²) >= 11 is 5.21. The summed E-state index contributed by atoms with van der Waals surface area (Å²) < 4.78 is 106. The molecule has 0 radical (unpaired) electrons. The lowest BCUT2D eigenvalue weighted by Gasteiger charge is -2.13. The first-order valence-corrected chi connectivity index (χ1v) is 10.3. The summed E-state index contributed by atoms with van der Waals surface area (Å²) in [4.78, 5) is 12.3. The van der Waals surface area contributed by atoms with E-state index in [1.807, 2.05) is 0 Å². The van der Waals surface area contributed by atoms with Gasteiger partial charge in [0.05, 0.1) is 17.0 Å². The van der Waals surface area contributed by atoms with Gasteiger partial charge in [-0.25, -0.2) is 17.6 Å². The molecule has 0 bridgehead atoms. The number of ether oxygens (including phenoxy) is 2. The lowest BCUT2D eigenvalue weighted by Crippen LogP contribution is -2.15. The average molecular weight is 511 g/mol. The Labute approximate surface area is 195 Å². The van der Waals surface area contributed by atoms with Gasteiger partial charge in [0.25, 0.3) is 0 Å². The van der Waals surface area contributed by atoms with Crippen molar-refractivity contribution in [3.05, 3.63) is 75.8 Å². The minimum atomic E-state index is -4.80. The quantitative estimate of drug-likeness (QED) is 0.233. The smallest absolute Gasteiger partial charge is 0.426 e. The third-order valence-corrected chi connectivity index (χ3v) is 6.03. The minimum Gasteiger partial charge on any atom is -0.489 e. The number of hydrogen-bond donors (Lipinski definition) is 0. The third kappa shape index (κ3) is 5.16. The summed E-state index contributed by atoms with van der Waals surface area (Å²) in [6.45, 7) is 0.978. The van der Waals surface area contributed by atoms with Crippen LogP contribution in [0, 0.1) is 40.5 Å². The molecule has 1 fully saturated rings. The van der Waals surface area contributed by atoms with Crippen molar-refractivity contribution in [2.24, 2.45) is 17.3 Å². The van der Waals surface area contributed by atoms with Gasteiger partial charge in [0.15, 0.2) is 23.3 Å². The summed E-state index contributed by atoms with van der Waals surface area (Å²) in [5, 5.41) is -1.42. The van der Waals surface area contributed by atoms with E-state index in [9.17, 15) is 35.5 Å². The molecule has 0 aromatic heterocycles. The number of rotatable bonds is 7. The largest absolute Gasteiger partial charge is 0.489 e. The molecule has 0 amide bonds. The number of carbonyl (C=O) groups is 1. The fourth-order valence-corrected chi connectivity index (χ4v) is 3.71. The topological polar surface area (TPSA) is 35.5 Å². The highest BCUT2D eigenvalue weighted by Gasteiger charge is 2.62.